The number of thioether (sulfide) groups is 1. The zero-order valence-corrected chi connectivity index (χ0v) is 28.1. The van der Waals surface area contributed by atoms with Crippen LogP contribution >= 0.6 is 11.8 Å². The number of benzene rings is 5. The van der Waals surface area contributed by atoms with Gasteiger partial charge in [0.2, 0.25) is 0 Å². The fourth-order valence-corrected chi connectivity index (χ4v) is 7.26. The third kappa shape index (κ3) is 9.08. The maximum atomic E-state index is 7.00. The van der Waals surface area contributed by atoms with Crippen molar-refractivity contribution in [1.82, 2.24) is 4.98 Å². The zero-order valence-electron chi connectivity index (χ0n) is 27.3. The number of hydrogen-bond donors (Lipinski definition) is 1. The number of fused-ring (bicyclic) bond motifs is 1. The lowest BCUT2D eigenvalue weighted by Crippen LogP contribution is -2.60. The monoisotopic (exact) mass is 671 g/mol. The average molecular weight is 672 g/mol. The van der Waals surface area contributed by atoms with Gasteiger partial charge in [-0.3, -0.25) is 0 Å². The van der Waals surface area contributed by atoms with Crippen LogP contribution in [0.3, 0.4) is 0 Å². The molecule has 0 spiro atoms. The van der Waals surface area contributed by atoms with E-state index in [1.54, 1.807) is 11.8 Å². The van der Waals surface area contributed by atoms with Crippen molar-refractivity contribution in [3.8, 4) is 0 Å². The first-order valence-corrected chi connectivity index (χ1v) is 17.6. The number of nitrogens with one attached hydrogen (secondary N) is 1. The van der Waals surface area contributed by atoms with E-state index in [9.17, 15) is 0 Å². The molecule has 1 N–H and O–H groups in total. The summed E-state index contributed by atoms with van der Waals surface area (Å²) in [5.74, 6) is 0. The van der Waals surface area contributed by atoms with Gasteiger partial charge in [-0.15, -0.1) is 0 Å². The Labute approximate surface area is 292 Å². The average Bonchev–Trinajstić information content (AvgIpc) is 3.57. The molecule has 6 nitrogen and oxygen atoms in total. The standard InChI is InChI=1S/C42H41NO5S/c1-5-15-31(16-6-1)26-44-30-37-39(45-27-32-17-7-2-8-18-32)40(46-28-33-19-9-3-10-20-33)41(47-29-34-21-11-4-12-22-34)42(48-37)49-38-25-35-23-13-14-24-36(35)43-38/h1-25,37,39-43H,26-30H2/t37-,39+,40+,41-,42-/m1/s1. The van der Waals surface area contributed by atoms with E-state index < -0.39 is 29.9 Å². The number of H-pyrrole nitrogens is 1. The number of aromatic nitrogens is 1. The minimum atomic E-state index is -0.472. The molecule has 0 unspecified atom stereocenters. The van der Waals surface area contributed by atoms with Gasteiger partial charge in [-0.2, -0.15) is 0 Å². The van der Waals surface area contributed by atoms with E-state index in [4.69, 9.17) is 23.7 Å². The Morgan fingerprint density at radius 3 is 1.53 bits per heavy atom. The molecule has 0 radical (unpaired) electrons. The Kier molecular flexibility index (Phi) is 11.5. The molecule has 1 saturated heterocycles. The maximum absolute atomic E-state index is 7.00. The maximum Gasteiger partial charge on any atom is 0.138 e. The zero-order chi connectivity index (χ0) is 33.1. The van der Waals surface area contributed by atoms with Gasteiger partial charge in [0.25, 0.3) is 0 Å². The molecule has 7 rings (SSSR count). The van der Waals surface area contributed by atoms with Crippen LogP contribution in [0.1, 0.15) is 22.3 Å². The minimum Gasteiger partial charge on any atom is -0.374 e. The SMILES string of the molecule is c1ccc(COC[C@H]2O[C@H](Sc3cc4ccccc4[nH]3)[C@H](OCc3ccccc3)[C@@H](OCc3ccccc3)[C@H]2OCc2ccccc2)cc1. The highest BCUT2D eigenvalue weighted by atomic mass is 32.2. The van der Waals surface area contributed by atoms with Crippen molar-refractivity contribution >= 4 is 22.7 Å². The molecule has 49 heavy (non-hydrogen) atoms. The Bertz CT molecular complexity index is 1800. The molecule has 2 heterocycles. The van der Waals surface area contributed by atoms with Crippen molar-refractivity contribution in [2.75, 3.05) is 6.61 Å². The van der Waals surface area contributed by atoms with Crippen LogP contribution in [-0.2, 0) is 50.1 Å². The van der Waals surface area contributed by atoms with Crippen molar-refractivity contribution in [1.29, 1.82) is 0 Å². The molecular formula is C42H41NO5S. The lowest BCUT2D eigenvalue weighted by molar-refractivity contribution is -0.254. The molecular weight excluding hydrogens is 631 g/mol. The minimum absolute atomic E-state index is 0.328. The van der Waals surface area contributed by atoms with E-state index in [1.165, 1.54) is 0 Å². The van der Waals surface area contributed by atoms with Gasteiger partial charge in [0.15, 0.2) is 0 Å². The molecule has 0 aliphatic carbocycles. The predicted molar refractivity (Wildman–Crippen MR) is 194 cm³/mol. The second kappa shape index (κ2) is 16.9. The summed E-state index contributed by atoms with van der Waals surface area (Å²) >= 11 is 1.62. The number of para-hydroxylation sites is 1. The van der Waals surface area contributed by atoms with Crippen LogP contribution < -0.4 is 0 Å². The molecule has 0 saturated carbocycles. The highest BCUT2D eigenvalue weighted by molar-refractivity contribution is 7.99. The lowest BCUT2D eigenvalue weighted by Gasteiger charge is -2.46. The van der Waals surface area contributed by atoms with Gasteiger partial charge in [-0.05, 0) is 34.4 Å². The first-order chi connectivity index (χ1) is 24.3. The summed E-state index contributed by atoms with van der Waals surface area (Å²) in [5.41, 5.74) is 4.99. The summed E-state index contributed by atoms with van der Waals surface area (Å²) in [4.78, 5) is 3.57. The Balaban J connectivity index is 1.21. The van der Waals surface area contributed by atoms with Gasteiger partial charge >= 0.3 is 0 Å². The number of rotatable bonds is 15. The molecule has 1 aromatic heterocycles. The van der Waals surface area contributed by atoms with Gasteiger partial charge in [0.1, 0.15) is 29.9 Å². The van der Waals surface area contributed by atoms with Gasteiger partial charge in [-0.25, -0.2) is 0 Å². The molecule has 5 aromatic carbocycles. The van der Waals surface area contributed by atoms with Crippen molar-refractivity contribution in [2.45, 2.75) is 61.3 Å². The fourth-order valence-electron chi connectivity index (χ4n) is 6.08. The smallest absolute Gasteiger partial charge is 0.138 e. The van der Waals surface area contributed by atoms with E-state index in [-0.39, 0.29) is 0 Å². The van der Waals surface area contributed by atoms with Crippen molar-refractivity contribution in [3.05, 3.63) is 174 Å². The third-order valence-corrected chi connectivity index (χ3v) is 9.67. The van der Waals surface area contributed by atoms with Crippen LogP contribution in [0.15, 0.2) is 157 Å². The molecule has 6 aromatic rings. The molecule has 5 atom stereocenters. The molecule has 250 valence electrons. The summed E-state index contributed by atoms with van der Waals surface area (Å²) in [6.45, 7) is 2.01. The van der Waals surface area contributed by atoms with Crippen molar-refractivity contribution < 1.29 is 23.7 Å². The van der Waals surface area contributed by atoms with Crippen LogP contribution in [0, 0.1) is 0 Å². The van der Waals surface area contributed by atoms with Gasteiger partial charge in [0, 0.05) is 10.9 Å². The third-order valence-electron chi connectivity index (χ3n) is 8.59. The Hall–Kier alpha value is -4.21. The van der Waals surface area contributed by atoms with Crippen LogP contribution in [0.25, 0.3) is 10.9 Å². The molecule has 1 fully saturated rings. The van der Waals surface area contributed by atoms with Gasteiger partial charge < -0.3 is 28.7 Å². The van der Waals surface area contributed by atoms with E-state index in [0.29, 0.717) is 33.0 Å². The van der Waals surface area contributed by atoms with Crippen LogP contribution in [0.5, 0.6) is 0 Å². The highest BCUT2D eigenvalue weighted by Crippen LogP contribution is 2.39. The molecule has 1 aliphatic heterocycles. The van der Waals surface area contributed by atoms with E-state index in [2.05, 4.69) is 77.8 Å². The van der Waals surface area contributed by atoms with Crippen LogP contribution in [0.2, 0.25) is 0 Å². The second-order valence-electron chi connectivity index (χ2n) is 12.2. The molecule has 7 heteroatoms. The Morgan fingerprint density at radius 2 is 0.980 bits per heavy atom. The van der Waals surface area contributed by atoms with Crippen molar-refractivity contribution in [2.24, 2.45) is 0 Å². The number of aromatic amines is 1. The Morgan fingerprint density at radius 1 is 0.510 bits per heavy atom. The number of ether oxygens (including phenoxy) is 5. The van der Waals surface area contributed by atoms with Gasteiger partial charge in [-0.1, -0.05) is 151 Å². The molecule has 1 aliphatic rings. The number of hydrogen-bond acceptors (Lipinski definition) is 6. The largest absolute Gasteiger partial charge is 0.374 e. The first kappa shape index (κ1) is 33.3. The van der Waals surface area contributed by atoms with E-state index in [0.717, 1.165) is 38.2 Å². The van der Waals surface area contributed by atoms with E-state index >= 15 is 0 Å². The van der Waals surface area contributed by atoms with E-state index in [1.807, 2.05) is 78.9 Å². The lowest BCUT2D eigenvalue weighted by atomic mass is 9.98. The van der Waals surface area contributed by atoms with Gasteiger partial charge in [0.05, 0.1) is 38.1 Å². The summed E-state index contributed by atoms with van der Waals surface area (Å²) in [7, 11) is 0. The molecule has 0 amide bonds. The van der Waals surface area contributed by atoms with Crippen LogP contribution in [-0.4, -0.2) is 41.4 Å². The highest BCUT2D eigenvalue weighted by Gasteiger charge is 2.49. The fraction of sp³-hybridized carbons (Fsp3) is 0.238. The molecule has 0 bridgehead atoms. The predicted octanol–water partition coefficient (Wildman–Crippen LogP) is 8.96. The first-order valence-electron chi connectivity index (χ1n) is 16.8. The summed E-state index contributed by atoms with van der Waals surface area (Å²) in [6, 6.07) is 51.3. The van der Waals surface area contributed by atoms with Crippen LogP contribution in [0.4, 0.5) is 0 Å². The summed E-state index contributed by atoms with van der Waals surface area (Å²) in [6.07, 6.45) is -1.83. The normalized spacial score (nSPS) is 20.8. The summed E-state index contributed by atoms with van der Waals surface area (Å²) < 4.78 is 33.8. The summed E-state index contributed by atoms with van der Waals surface area (Å²) in [5, 5.41) is 2.14. The topological polar surface area (TPSA) is 61.9 Å². The quantitative estimate of drug-likeness (QED) is 0.118. The second-order valence-corrected chi connectivity index (χ2v) is 13.3. The van der Waals surface area contributed by atoms with Crippen molar-refractivity contribution in [3.63, 3.8) is 0 Å².